The number of nitrogens with one attached hydrogen (secondary N) is 1. The van der Waals surface area contributed by atoms with E-state index in [-0.39, 0.29) is 23.3 Å². The van der Waals surface area contributed by atoms with Crippen molar-refractivity contribution >= 4 is 37.5 Å². The summed E-state index contributed by atoms with van der Waals surface area (Å²) >= 11 is 3.54. The molecule has 1 aliphatic heterocycles. The van der Waals surface area contributed by atoms with Crippen LogP contribution in [0.5, 0.6) is 0 Å². The summed E-state index contributed by atoms with van der Waals surface area (Å²) in [4.78, 5) is 13.3. The number of hydrogen-bond acceptors (Lipinski definition) is 3. The molecule has 0 aromatic heterocycles. The van der Waals surface area contributed by atoms with E-state index < -0.39 is 10.0 Å². The van der Waals surface area contributed by atoms with Gasteiger partial charge in [0.05, 0.1) is 10.8 Å². The van der Waals surface area contributed by atoms with Crippen molar-refractivity contribution in [1.29, 1.82) is 0 Å². The Balaban J connectivity index is 1.79. The average molecular weight is 479 g/mol. The van der Waals surface area contributed by atoms with Gasteiger partial charge in [-0.15, -0.1) is 0 Å². The molecule has 1 fully saturated rings. The molecule has 1 heterocycles. The van der Waals surface area contributed by atoms with Crippen LogP contribution in [-0.2, 0) is 27.7 Å². The third-order valence-electron chi connectivity index (χ3n) is 5.41. The highest BCUT2D eigenvalue weighted by Gasteiger charge is 2.33. The standard InChI is InChI=1S/C22H27BrN2O3S/c1-3-16-13-19(23)14-17(4-2)21(16)24-22(26)18-9-8-12-25(15-18)29(27,28)20-10-6-5-7-11-20/h5-7,10-11,13-14,18H,3-4,8-9,12,15H2,1-2H3,(H,24,26)/t18-/m0/s1. The van der Waals surface area contributed by atoms with Crippen molar-refractivity contribution in [2.75, 3.05) is 18.4 Å². The Morgan fingerprint density at radius 3 is 2.34 bits per heavy atom. The summed E-state index contributed by atoms with van der Waals surface area (Å²) in [7, 11) is -3.59. The van der Waals surface area contributed by atoms with Gasteiger partial charge < -0.3 is 5.32 Å². The summed E-state index contributed by atoms with van der Waals surface area (Å²) < 4.78 is 28.3. The van der Waals surface area contributed by atoms with E-state index in [2.05, 4.69) is 35.1 Å². The molecule has 2 aromatic carbocycles. The van der Waals surface area contributed by atoms with Gasteiger partial charge in [-0.1, -0.05) is 48.0 Å². The number of sulfonamides is 1. The van der Waals surface area contributed by atoms with Crippen molar-refractivity contribution in [3.63, 3.8) is 0 Å². The molecule has 5 nitrogen and oxygen atoms in total. The first-order chi connectivity index (χ1) is 13.9. The molecule has 1 aliphatic rings. The predicted molar refractivity (Wildman–Crippen MR) is 119 cm³/mol. The first-order valence-corrected chi connectivity index (χ1v) is 12.3. The molecular formula is C22H27BrN2O3S. The van der Waals surface area contributed by atoms with E-state index >= 15 is 0 Å². The van der Waals surface area contributed by atoms with E-state index in [1.165, 1.54) is 4.31 Å². The Labute approximate surface area is 181 Å². The molecule has 0 spiro atoms. The fraction of sp³-hybridized carbons (Fsp3) is 0.409. The van der Waals surface area contributed by atoms with Gasteiger partial charge >= 0.3 is 0 Å². The number of nitrogens with zero attached hydrogens (tertiary/aromatic N) is 1. The number of halogens is 1. The molecule has 1 N–H and O–H groups in total. The van der Waals surface area contributed by atoms with Crippen LogP contribution in [0.1, 0.15) is 37.8 Å². The number of hydrogen-bond donors (Lipinski definition) is 1. The second kappa shape index (κ2) is 9.41. The number of amides is 1. The van der Waals surface area contributed by atoms with Gasteiger partial charge in [-0.25, -0.2) is 8.42 Å². The zero-order chi connectivity index (χ0) is 21.0. The van der Waals surface area contributed by atoms with Gasteiger partial charge in [0.2, 0.25) is 15.9 Å². The lowest BCUT2D eigenvalue weighted by Crippen LogP contribution is -2.43. The van der Waals surface area contributed by atoms with E-state index in [1.54, 1.807) is 30.3 Å². The van der Waals surface area contributed by atoms with Gasteiger partial charge in [0.25, 0.3) is 0 Å². The molecule has 0 radical (unpaired) electrons. The minimum atomic E-state index is -3.59. The lowest BCUT2D eigenvalue weighted by Gasteiger charge is -2.31. The zero-order valence-corrected chi connectivity index (χ0v) is 19.2. The molecule has 2 aromatic rings. The van der Waals surface area contributed by atoms with Gasteiger partial charge in [0.15, 0.2) is 0 Å². The molecule has 1 saturated heterocycles. The predicted octanol–water partition coefficient (Wildman–Crippen LogP) is 4.61. The number of carbonyl (C=O) groups is 1. The topological polar surface area (TPSA) is 66.5 Å². The Morgan fingerprint density at radius 1 is 1.14 bits per heavy atom. The van der Waals surface area contributed by atoms with Crippen LogP contribution < -0.4 is 5.32 Å². The Hall–Kier alpha value is -1.70. The van der Waals surface area contributed by atoms with E-state index in [0.29, 0.717) is 19.4 Å². The molecule has 3 rings (SSSR count). The first-order valence-electron chi connectivity index (χ1n) is 10.0. The molecule has 0 aliphatic carbocycles. The summed E-state index contributed by atoms with van der Waals surface area (Å²) in [6.45, 7) is 4.78. The van der Waals surface area contributed by atoms with Crippen LogP contribution >= 0.6 is 15.9 Å². The molecule has 0 unspecified atom stereocenters. The van der Waals surface area contributed by atoms with Gasteiger partial charge in [0, 0.05) is 23.2 Å². The molecule has 1 atom stereocenters. The summed E-state index contributed by atoms with van der Waals surface area (Å²) in [6.07, 6.45) is 2.97. The summed E-state index contributed by atoms with van der Waals surface area (Å²) in [5, 5.41) is 3.11. The molecule has 0 bridgehead atoms. The average Bonchev–Trinajstić information content (AvgIpc) is 2.75. The van der Waals surface area contributed by atoms with Crippen molar-refractivity contribution in [2.24, 2.45) is 5.92 Å². The van der Waals surface area contributed by atoms with E-state index in [4.69, 9.17) is 0 Å². The Morgan fingerprint density at radius 2 is 1.76 bits per heavy atom. The number of piperidine rings is 1. The number of rotatable bonds is 6. The largest absolute Gasteiger partial charge is 0.325 e. The van der Waals surface area contributed by atoms with Gasteiger partial charge in [0.1, 0.15) is 0 Å². The highest BCUT2D eigenvalue weighted by Crippen LogP contribution is 2.30. The second-order valence-corrected chi connectivity index (χ2v) is 10.2. The van der Waals surface area contributed by atoms with Gasteiger partial charge in [-0.05, 0) is 61.1 Å². The Bertz CT molecular complexity index is 952. The second-order valence-electron chi connectivity index (χ2n) is 7.31. The van der Waals surface area contributed by atoms with Crippen LogP contribution in [0.2, 0.25) is 0 Å². The van der Waals surface area contributed by atoms with E-state index in [0.717, 1.165) is 34.1 Å². The smallest absolute Gasteiger partial charge is 0.243 e. The van der Waals surface area contributed by atoms with Crippen LogP contribution in [0.15, 0.2) is 51.8 Å². The monoisotopic (exact) mass is 478 g/mol. The lowest BCUT2D eigenvalue weighted by molar-refractivity contribution is -0.120. The fourth-order valence-corrected chi connectivity index (χ4v) is 5.88. The lowest BCUT2D eigenvalue weighted by atomic mass is 9.97. The number of benzene rings is 2. The molecule has 1 amide bonds. The summed E-state index contributed by atoms with van der Waals surface area (Å²) in [6, 6.07) is 12.5. The molecule has 29 heavy (non-hydrogen) atoms. The normalized spacial score (nSPS) is 17.8. The third-order valence-corrected chi connectivity index (χ3v) is 7.75. The van der Waals surface area contributed by atoms with Gasteiger partial charge in [-0.2, -0.15) is 4.31 Å². The van der Waals surface area contributed by atoms with Crippen molar-refractivity contribution in [1.82, 2.24) is 4.31 Å². The minimum Gasteiger partial charge on any atom is -0.325 e. The quantitative estimate of drug-likeness (QED) is 0.658. The van der Waals surface area contributed by atoms with Crippen LogP contribution in [0.25, 0.3) is 0 Å². The number of aryl methyl sites for hydroxylation is 2. The van der Waals surface area contributed by atoms with Crippen LogP contribution in [-0.4, -0.2) is 31.7 Å². The highest BCUT2D eigenvalue weighted by molar-refractivity contribution is 9.10. The minimum absolute atomic E-state index is 0.107. The molecular weight excluding hydrogens is 452 g/mol. The van der Waals surface area contributed by atoms with Crippen LogP contribution in [0.4, 0.5) is 5.69 Å². The van der Waals surface area contributed by atoms with Crippen LogP contribution in [0, 0.1) is 5.92 Å². The van der Waals surface area contributed by atoms with Crippen molar-refractivity contribution in [3.05, 3.63) is 58.1 Å². The SMILES string of the molecule is CCc1cc(Br)cc(CC)c1NC(=O)[C@H]1CCCN(S(=O)(=O)c2ccccc2)C1. The molecule has 156 valence electrons. The fourth-order valence-electron chi connectivity index (χ4n) is 3.78. The summed E-state index contributed by atoms with van der Waals surface area (Å²) in [5.74, 6) is -0.468. The zero-order valence-electron chi connectivity index (χ0n) is 16.8. The molecule has 7 heteroatoms. The number of carbonyl (C=O) groups excluding carboxylic acids is 1. The van der Waals surface area contributed by atoms with Crippen molar-refractivity contribution < 1.29 is 13.2 Å². The van der Waals surface area contributed by atoms with E-state index in [9.17, 15) is 13.2 Å². The third kappa shape index (κ3) is 4.90. The first kappa shape index (κ1) is 22.0. The number of anilines is 1. The maximum atomic E-state index is 13.1. The highest BCUT2D eigenvalue weighted by atomic mass is 79.9. The van der Waals surface area contributed by atoms with Crippen molar-refractivity contribution in [2.45, 2.75) is 44.4 Å². The van der Waals surface area contributed by atoms with Crippen molar-refractivity contribution in [3.8, 4) is 0 Å². The Kier molecular flexibility index (Phi) is 7.14. The van der Waals surface area contributed by atoms with E-state index in [1.807, 2.05) is 12.1 Å². The van der Waals surface area contributed by atoms with Crippen LogP contribution in [0.3, 0.4) is 0 Å². The maximum absolute atomic E-state index is 13.1. The summed E-state index contributed by atoms with van der Waals surface area (Å²) in [5.41, 5.74) is 3.02. The maximum Gasteiger partial charge on any atom is 0.243 e. The van der Waals surface area contributed by atoms with Gasteiger partial charge in [-0.3, -0.25) is 4.79 Å². The molecule has 0 saturated carbocycles.